The first-order chi connectivity index (χ1) is 13.6. The molecule has 0 spiro atoms. The van der Waals surface area contributed by atoms with Crippen LogP contribution in [0.15, 0.2) is 72.8 Å². The van der Waals surface area contributed by atoms with Crippen LogP contribution in [0.4, 0.5) is 10.1 Å². The Kier molecular flexibility index (Phi) is 4.45. The summed E-state index contributed by atoms with van der Waals surface area (Å²) in [4.78, 5) is 38.4. The molecule has 3 amide bonds. The number of carbonyl (C=O) groups is 3. The highest BCUT2D eigenvalue weighted by atomic mass is 19.1. The van der Waals surface area contributed by atoms with Gasteiger partial charge in [0.2, 0.25) is 0 Å². The van der Waals surface area contributed by atoms with Crippen LogP contribution in [0.1, 0.15) is 36.6 Å². The maximum atomic E-state index is 13.6. The van der Waals surface area contributed by atoms with Gasteiger partial charge in [-0.2, -0.15) is 0 Å². The molecule has 5 nitrogen and oxygen atoms in total. The maximum absolute atomic E-state index is 13.6. The highest BCUT2D eigenvalue weighted by Crippen LogP contribution is 2.28. The summed E-state index contributed by atoms with van der Waals surface area (Å²) >= 11 is 0. The number of hydrogen-bond acceptors (Lipinski definition) is 3. The van der Waals surface area contributed by atoms with Gasteiger partial charge in [0.05, 0.1) is 16.8 Å². The predicted octanol–water partition coefficient (Wildman–Crippen LogP) is 3.56. The van der Waals surface area contributed by atoms with Crippen molar-refractivity contribution in [1.82, 2.24) is 5.32 Å². The average molecular weight is 374 g/mol. The number of imide groups is 1. The highest BCUT2D eigenvalue weighted by molar-refractivity contribution is 6.34. The number of hydrogen-bond donors (Lipinski definition) is 1. The molecule has 6 heteroatoms. The normalized spacial score (nSPS) is 12.8. The molecule has 1 aliphatic heterocycles. The zero-order valence-electron chi connectivity index (χ0n) is 14.7. The lowest BCUT2D eigenvalue weighted by molar-refractivity contribution is 0.0923. The lowest BCUT2D eigenvalue weighted by Gasteiger charge is -2.14. The van der Waals surface area contributed by atoms with Gasteiger partial charge in [-0.15, -0.1) is 0 Å². The second-order valence-electron chi connectivity index (χ2n) is 6.31. The second kappa shape index (κ2) is 7.08. The number of nitrogens with zero attached hydrogens (tertiary/aromatic N) is 1. The zero-order chi connectivity index (χ0) is 19.7. The molecule has 1 heterocycles. The number of rotatable bonds is 4. The number of carbonyl (C=O) groups excluding carboxylic acids is 3. The maximum Gasteiger partial charge on any atom is 0.266 e. The van der Waals surface area contributed by atoms with Crippen LogP contribution < -0.4 is 10.2 Å². The topological polar surface area (TPSA) is 66.5 Å². The number of benzene rings is 3. The van der Waals surface area contributed by atoms with Crippen molar-refractivity contribution in [2.75, 3.05) is 4.90 Å². The molecule has 0 saturated heterocycles. The van der Waals surface area contributed by atoms with Crippen molar-refractivity contribution in [3.8, 4) is 0 Å². The summed E-state index contributed by atoms with van der Waals surface area (Å²) in [5.41, 5.74) is 1.84. The number of halogens is 1. The van der Waals surface area contributed by atoms with Crippen LogP contribution in [0.5, 0.6) is 0 Å². The van der Waals surface area contributed by atoms with E-state index in [1.54, 1.807) is 54.6 Å². The van der Waals surface area contributed by atoms with Crippen molar-refractivity contribution in [2.45, 2.75) is 6.54 Å². The van der Waals surface area contributed by atoms with E-state index in [0.717, 1.165) is 4.90 Å². The van der Waals surface area contributed by atoms with Gasteiger partial charge in [-0.05, 0) is 42.5 Å². The van der Waals surface area contributed by atoms with Gasteiger partial charge in [0.1, 0.15) is 5.82 Å². The van der Waals surface area contributed by atoms with Crippen LogP contribution >= 0.6 is 0 Å². The van der Waals surface area contributed by atoms with Crippen LogP contribution in [-0.2, 0) is 6.54 Å². The third-order valence-corrected chi connectivity index (χ3v) is 4.58. The summed E-state index contributed by atoms with van der Waals surface area (Å²) in [7, 11) is 0. The molecule has 1 N–H and O–H groups in total. The number of nitrogens with one attached hydrogen (secondary N) is 1. The van der Waals surface area contributed by atoms with Crippen LogP contribution in [0.25, 0.3) is 0 Å². The monoisotopic (exact) mass is 374 g/mol. The number of amides is 3. The Hall–Kier alpha value is -3.80. The van der Waals surface area contributed by atoms with Crippen LogP contribution in [0.3, 0.4) is 0 Å². The Bertz CT molecular complexity index is 1060. The van der Waals surface area contributed by atoms with Gasteiger partial charge >= 0.3 is 0 Å². The van der Waals surface area contributed by atoms with E-state index in [1.807, 2.05) is 0 Å². The van der Waals surface area contributed by atoms with Gasteiger partial charge < -0.3 is 5.32 Å². The van der Waals surface area contributed by atoms with Crippen molar-refractivity contribution in [3.05, 3.63) is 101 Å². The minimum absolute atomic E-state index is 0.0612. The van der Waals surface area contributed by atoms with Gasteiger partial charge in [0, 0.05) is 17.7 Å². The third-order valence-electron chi connectivity index (χ3n) is 4.58. The Balaban J connectivity index is 1.49. The highest BCUT2D eigenvalue weighted by Gasteiger charge is 2.36. The van der Waals surface area contributed by atoms with Gasteiger partial charge in [-0.25, -0.2) is 9.29 Å². The molecule has 0 bridgehead atoms. The molecule has 28 heavy (non-hydrogen) atoms. The summed E-state index contributed by atoms with van der Waals surface area (Å²) < 4.78 is 13.6. The average Bonchev–Trinajstić information content (AvgIpc) is 2.98. The Morgan fingerprint density at radius 1 is 0.821 bits per heavy atom. The standard InChI is InChI=1S/C22H15FN2O3/c23-19-8-4-1-5-15(19)13-24-20(26)14-9-11-16(12-10-14)25-21(27)17-6-2-3-7-18(17)22(25)28/h1-12H,13H2,(H,24,26). The molecule has 3 aromatic carbocycles. The van der Waals surface area contributed by atoms with E-state index in [1.165, 1.54) is 18.2 Å². The molecule has 0 fully saturated rings. The van der Waals surface area contributed by atoms with Crippen molar-refractivity contribution in [3.63, 3.8) is 0 Å². The van der Waals surface area contributed by atoms with Crippen molar-refractivity contribution >= 4 is 23.4 Å². The molecule has 3 aromatic rings. The van der Waals surface area contributed by atoms with Crippen LogP contribution in [0.2, 0.25) is 0 Å². The second-order valence-corrected chi connectivity index (χ2v) is 6.31. The van der Waals surface area contributed by atoms with Crippen molar-refractivity contribution < 1.29 is 18.8 Å². The summed E-state index contributed by atoms with van der Waals surface area (Å²) in [6.07, 6.45) is 0. The minimum atomic E-state index is -0.391. The first-order valence-corrected chi connectivity index (χ1v) is 8.66. The van der Waals surface area contributed by atoms with E-state index >= 15 is 0 Å². The fraction of sp³-hybridized carbons (Fsp3) is 0.0455. The first-order valence-electron chi connectivity index (χ1n) is 8.66. The molecule has 4 rings (SSSR count). The van der Waals surface area contributed by atoms with Gasteiger partial charge in [-0.1, -0.05) is 30.3 Å². The van der Waals surface area contributed by atoms with E-state index in [4.69, 9.17) is 0 Å². The fourth-order valence-corrected chi connectivity index (χ4v) is 3.10. The minimum Gasteiger partial charge on any atom is -0.348 e. The number of fused-ring (bicyclic) bond motifs is 1. The van der Waals surface area contributed by atoms with Crippen LogP contribution in [0, 0.1) is 5.82 Å². The fourth-order valence-electron chi connectivity index (χ4n) is 3.10. The van der Waals surface area contributed by atoms with Crippen molar-refractivity contribution in [2.24, 2.45) is 0 Å². The summed E-state index contributed by atoms with van der Waals surface area (Å²) in [6.45, 7) is 0.0612. The SMILES string of the molecule is O=C(NCc1ccccc1F)c1ccc(N2C(=O)c3ccccc3C2=O)cc1. The summed E-state index contributed by atoms with van der Waals surface area (Å²) in [5, 5.41) is 2.65. The predicted molar refractivity (Wildman–Crippen MR) is 102 cm³/mol. The molecular formula is C22H15FN2O3. The van der Waals surface area contributed by atoms with Gasteiger partial charge in [0.25, 0.3) is 17.7 Å². The van der Waals surface area contributed by atoms with Gasteiger partial charge in [0.15, 0.2) is 0 Å². The van der Waals surface area contributed by atoms with E-state index in [2.05, 4.69) is 5.32 Å². The molecule has 0 atom stereocenters. The Labute approximate surface area is 160 Å². The van der Waals surface area contributed by atoms with E-state index in [9.17, 15) is 18.8 Å². The van der Waals surface area contributed by atoms with E-state index in [0.29, 0.717) is 27.9 Å². The molecule has 0 unspecified atom stereocenters. The quantitative estimate of drug-likeness (QED) is 0.710. The third kappa shape index (κ3) is 3.05. The lowest BCUT2D eigenvalue weighted by Crippen LogP contribution is -2.29. The molecular weight excluding hydrogens is 359 g/mol. The Morgan fingerprint density at radius 2 is 1.39 bits per heavy atom. The van der Waals surface area contributed by atoms with E-state index < -0.39 is 11.8 Å². The first kappa shape index (κ1) is 17.6. The molecule has 0 saturated carbocycles. The zero-order valence-corrected chi connectivity index (χ0v) is 14.7. The summed E-state index contributed by atoms with van der Waals surface area (Å²) in [6, 6.07) is 19.0. The molecule has 0 radical (unpaired) electrons. The molecule has 0 aliphatic carbocycles. The number of anilines is 1. The lowest BCUT2D eigenvalue weighted by atomic mass is 10.1. The smallest absolute Gasteiger partial charge is 0.266 e. The largest absolute Gasteiger partial charge is 0.348 e. The molecule has 138 valence electrons. The van der Waals surface area contributed by atoms with Crippen LogP contribution in [-0.4, -0.2) is 17.7 Å². The summed E-state index contributed by atoms with van der Waals surface area (Å²) in [5.74, 6) is -1.55. The van der Waals surface area contributed by atoms with E-state index in [-0.39, 0.29) is 18.3 Å². The van der Waals surface area contributed by atoms with Crippen molar-refractivity contribution in [1.29, 1.82) is 0 Å². The molecule has 0 aromatic heterocycles. The Morgan fingerprint density at radius 3 is 2.00 bits per heavy atom. The molecule has 1 aliphatic rings. The van der Waals surface area contributed by atoms with Gasteiger partial charge in [-0.3, -0.25) is 14.4 Å².